The lowest BCUT2D eigenvalue weighted by Gasteiger charge is -2.37. The molecule has 4 rings (SSSR count). The number of anilines is 1. The summed E-state index contributed by atoms with van der Waals surface area (Å²) in [5.41, 5.74) is 4.14. The molecule has 2 heterocycles. The van der Waals surface area contributed by atoms with Crippen molar-refractivity contribution in [3.63, 3.8) is 0 Å². The smallest absolute Gasteiger partial charge is 0.142 e. The molecule has 2 N–H and O–H groups in total. The molecular formula is C25H33N5O2. The van der Waals surface area contributed by atoms with E-state index in [4.69, 9.17) is 0 Å². The van der Waals surface area contributed by atoms with Crippen molar-refractivity contribution in [2.45, 2.75) is 19.2 Å². The van der Waals surface area contributed by atoms with Crippen molar-refractivity contribution in [1.29, 1.82) is 0 Å². The third kappa shape index (κ3) is 4.96. The number of hydrogen-bond acceptors (Lipinski definition) is 6. The summed E-state index contributed by atoms with van der Waals surface area (Å²) in [5.74, 6) is 1.01. The second kappa shape index (κ2) is 9.73. The summed E-state index contributed by atoms with van der Waals surface area (Å²) in [7, 11) is 5.92. The topological polar surface area (TPSA) is 68.0 Å². The van der Waals surface area contributed by atoms with Gasteiger partial charge in [0.05, 0.1) is 0 Å². The summed E-state index contributed by atoms with van der Waals surface area (Å²) >= 11 is 0. The molecule has 1 fully saturated rings. The Hall–Kier alpha value is -2.87. The van der Waals surface area contributed by atoms with Crippen molar-refractivity contribution in [1.82, 2.24) is 19.4 Å². The molecule has 1 aromatic heterocycles. The lowest BCUT2D eigenvalue weighted by atomic mass is 10.0. The van der Waals surface area contributed by atoms with Gasteiger partial charge in [-0.05, 0) is 37.9 Å². The molecule has 0 radical (unpaired) electrons. The van der Waals surface area contributed by atoms with Gasteiger partial charge in [0.15, 0.2) is 0 Å². The number of aliphatic hydroxyl groups is 1. The molecule has 1 atom stereocenters. The highest BCUT2D eigenvalue weighted by Crippen LogP contribution is 2.31. The number of benzene rings is 2. The zero-order valence-electron chi connectivity index (χ0n) is 19.1. The second-order valence-corrected chi connectivity index (χ2v) is 8.82. The van der Waals surface area contributed by atoms with Gasteiger partial charge in [-0.3, -0.25) is 4.90 Å². The highest BCUT2D eigenvalue weighted by molar-refractivity contribution is 5.56. The van der Waals surface area contributed by atoms with E-state index in [1.54, 1.807) is 12.3 Å². The van der Waals surface area contributed by atoms with E-state index in [-0.39, 0.29) is 0 Å². The van der Waals surface area contributed by atoms with Gasteiger partial charge < -0.3 is 24.6 Å². The maximum Gasteiger partial charge on any atom is 0.142 e. The SMILES string of the molecule is CN(C)Cc1cc(CN2CCN(c3ccccc3C(O)c3nccn3C)CC2)ccc1O. The molecule has 2 aromatic carbocycles. The molecule has 7 heteroatoms. The van der Waals surface area contributed by atoms with Crippen LogP contribution in [-0.2, 0) is 20.1 Å². The number of phenolic OH excluding ortho intramolecular Hbond substituents is 1. The Morgan fingerprint density at radius 1 is 1.06 bits per heavy atom. The molecule has 0 saturated carbocycles. The zero-order chi connectivity index (χ0) is 22.7. The third-order valence-corrected chi connectivity index (χ3v) is 6.08. The number of imidazole rings is 1. The molecule has 3 aromatic rings. The first kappa shape index (κ1) is 22.3. The summed E-state index contributed by atoms with van der Waals surface area (Å²) in [6, 6.07) is 14.0. The molecule has 0 spiro atoms. The van der Waals surface area contributed by atoms with Gasteiger partial charge in [0.2, 0.25) is 0 Å². The van der Waals surface area contributed by atoms with Crippen molar-refractivity contribution in [3.05, 3.63) is 77.4 Å². The Labute approximate surface area is 190 Å². The fourth-order valence-corrected chi connectivity index (χ4v) is 4.40. The third-order valence-electron chi connectivity index (χ3n) is 6.08. The number of aryl methyl sites for hydroxylation is 1. The fraction of sp³-hybridized carbons (Fsp3) is 0.400. The lowest BCUT2D eigenvalue weighted by Crippen LogP contribution is -2.46. The van der Waals surface area contributed by atoms with Crippen LogP contribution in [0.3, 0.4) is 0 Å². The number of hydrogen-bond donors (Lipinski definition) is 2. The minimum atomic E-state index is -0.753. The Morgan fingerprint density at radius 2 is 1.81 bits per heavy atom. The standard InChI is InChI=1S/C25H33N5O2/c1-27(2)18-20-16-19(8-9-23(20)31)17-29-12-14-30(15-13-29)22-7-5-4-6-21(22)24(32)25-26-10-11-28(25)3/h4-11,16,24,31-32H,12-15,17-18H2,1-3H3. The summed E-state index contributed by atoms with van der Waals surface area (Å²) in [5, 5.41) is 21.1. The number of aromatic nitrogens is 2. The van der Waals surface area contributed by atoms with Gasteiger partial charge in [-0.25, -0.2) is 4.98 Å². The van der Waals surface area contributed by atoms with Gasteiger partial charge in [0.1, 0.15) is 17.7 Å². The number of aliphatic hydroxyl groups excluding tert-OH is 1. The van der Waals surface area contributed by atoms with Crippen LogP contribution >= 0.6 is 0 Å². The van der Waals surface area contributed by atoms with E-state index in [2.05, 4.69) is 31.8 Å². The molecule has 32 heavy (non-hydrogen) atoms. The second-order valence-electron chi connectivity index (χ2n) is 8.82. The zero-order valence-corrected chi connectivity index (χ0v) is 19.1. The Bertz CT molecular complexity index is 1040. The van der Waals surface area contributed by atoms with E-state index < -0.39 is 6.10 Å². The largest absolute Gasteiger partial charge is 0.508 e. The maximum atomic E-state index is 11.0. The fourth-order valence-electron chi connectivity index (χ4n) is 4.40. The van der Waals surface area contributed by atoms with Crippen LogP contribution in [-0.4, -0.2) is 69.8 Å². The van der Waals surface area contributed by atoms with Gasteiger partial charge in [-0.1, -0.05) is 24.3 Å². The van der Waals surface area contributed by atoms with Crippen LogP contribution in [0, 0.1) is 0 Å². The highest BCUT2D eigenvalue weighted by atomic mass is 16.3. The molecule has 0 bridgehead atoms. The van der Waals surface area contributed by atoms with Crippen molar-refractivity contribution in [3.8, 4) is 5.75 Å². The average molecular weight is 436 g/mol. The Morgan fingerprint density at radius 3 is 2.50 bits per heavy atom. The summed E-state index contributed by atoms with van der Waals surface area (Å²) < 4.78 is 1.86. The lowest BCUT2D eigenvalue weighted by molar-refractivity contribution is 0.205. The predicted octanol–water partition coefficient (Wildman–Crippen LogP) is 2.59. The van der Waals surface area contributed by atoms with E-state index in [0.717, 1.165) is 56.1 Å². The average Bonchev–Trinajstić information content (AvgIpc) is 3.21. The molecule has 0 aliphatic carbocycles. The normalized spacial score (nSPS) is 16.0. The summed E-state index contributed by atoms with van der Waals surface area (Å²) in [4.78, 5) is 11.2. The molecular weight excluding hydrogens is 402 g/mol. The highest BCUT2D eigenvalue weighted by Gasteiger charge is 2.24. The van der Waals surface area contributed by atoms with Crippen LogP contribution in [0.15, 0.2) is 54.9 Å². The van der Waals surface area contributed by atoms with Gasteiger partial charge >= 0.3 is 0 Å². The molecule has 1 saturated heterocycles. The monoisotopic (exact) mass is 435 g/mol. The van der Waals surface area contributed by atoms with E-state index in [9.17, 15) is 10.2 Å². The first-order chi connectivity index (χ1) is 15.4. The van der Waals surface area contributed by atoms with Crippen LogP contribution in [0.2, 0.25) is 0 Å². The van der Waals surface area contributed by atoms with Gasteiger partial charge in [0.25, 0.3) is 0 Å². The number of rotatable bonds is 7. The number of nitrogens with zero attached hydrogens (tertiary/aromatic N) is 5. The van der Waals surface area contributed by atoms with Crippen molar-refractivity contribution in [2.75, 3.05) is 45.2 Å². The maximum absolute atomic E-state index is 11.0. The van der Waals surface area contributed by atoms with Crippen LogP contribution < -0.4 is 4.90 Å². The molecule has 1 unspecified atom stereocenters. The summed E-state index contributed by atoms with van der Waals surface area (Å²) in [6.07, 6.45) is 2.82. The van der Waals surface area contributed by atoms with E-state index in [0.29, 0.717) is 11.6 Å². The van der Waals surface area contributed by atoms with E-state index >= 15 is 0 Å². The van der Waals surface area contributed by atoms with E-state index in [1.807, 2.05) is 56.2 Å². The molecule has 1 aliphatic heterocycles. The molecule has 7 nitrogen and oxygen atoms in total. The minimum absolute atomic E-state index is 0.357. The Kier molecular flexibility index (Phi) is 6.79. The molecule has 1 aliphatic rings. The number of phenols is 1. The first-order valence-corrected chi connectivity index (χ1v) is 11.1. The van der Waals surface area contributed by atoms with Crippen LogP contribution in [0.4, 0.5) is 5.69 Å². The van der Waals surface area contributed by atoms with Crippen LogP contribution in [0.1, 0.15) is 28.6 Å². The van der Waals surface area contributed by atoms with E-state index in [1.165, 1.54) is 5.56 Å². The van der Waals surface area contributed by atoms with Crippen LogP contribution in [0.5, 0.6) is 5.75 Å². The predicted molar refractivity (Wildman–Crippen MR) is 127 cm³/mol. The number of aromatic hydroxyl groups is 1. The number of piperazine rings is 1. The Balaban J connectivity index is 1.42. The first-order valence-electron chi connectivity index (χ1n) is 11.1. The minimum Gasteiger partial charge on any atom is -0.508 e. The van der Waals surface area contributed by atoms with Crippen molar-refractivity contribution >= 4 is 5.69 Å². The van der Waals surface area contributed by atoms with Crippen LogP contribution in [0.25, 0.3) is 0 Å². The van der Waals surface area contributed by atoms with Gasteiger partial charge in [-0.15, -0.1) is 0 Å². The summed E-state index contributed by atoms with van der Waals surface area (Å²) in [6.45, 7) is 5.27. The quantitative estimate of drug-likeness (QED) is 0.595. The molecule has 170 valence electrons. The number of para-hydroxylation sites is 1. The van der Waals surface area contributed by atoms with Gasteiger partial charge in [-0.2, -0.15) is 0 Å². The molecule has 0 amide bonds. The van der Waals surface area contributed by atoms with Crippen molar-refractivity contribution < 1.29 is 10.2 Å². The van der Waals surface area contributed by atoms with Gasteiger partial charge in [0, 0.05) is 75.5 Å². The van der Waals surface area contributed by atoms with Crippen molar-refractivity contribution in [2.24, 2.45) is 7.05 Å².